The molecule has 0 N–H and O–H groups in total. The number of hydrogen-bond donors (Lipinski definition) is 0. The van der Waals surface area contributed by atoms with Crippen LogP contribution in [0.15, 0.2) is 53.4 Å². The van der Waals surface area contributed by atoms with Crippen molar-refractivity contribution < 1.29 is 13.2 Å². The summed E-state index contributed by atoms with van der Waals surface area (Å²) >= 11 is 0. The third kappa shape index (κ3) is 3.61. The second-order valence-corrected chi connectivity index (χ2v) is 9.50. The van der Waals surface area contributed by atoms with Gasteiger partial charge in [0.15, 0.2) is 0 Å². The molecule has 1 saturated heterocycles. The van der Waals surface area contributed by atoms with E-state index in [1.807, 2.05) is 6.07 Å². The van der Waals surface area contributed by atoms with Crippen molar-refractivity contribution in [2.75, 3.05) is 20.1 Å². The highest BCUT2D eigenvalue weighted by atomic mass is 32.2. The quantitative estimate of drug-likeness (QED) is 0.796. The molecule has 1 fully saturated rings. The highest BCUT2D eigenvalue weighted by molar-refractivity contribution is 7.89. The Kier molecular flexibility index (Phi) is 4.97. The van der Waals surface area contributed by atoms with E-state index in [0.29, 0.717) is 5.75 Å². The van der Waals surface area contributed by atoms with Crippen molar-refractivity contribution in [3.63, 3.8) is 0 Å². The normalized spacial score (nSPS) is 25.6. The molecule has 144 valence electrons. The lowest BCUT2D eigenvalue weighted by Crippen LogP contribution is -2.44. The molecule has 2 aromatic rings. The Bertz CT molecular complexity index is 911. The van der Waals surface area contributed by atoms with Gasteiger partial charge in [0.25, 0.3) is 0 Å². The Balaban J connectivity index is 1.56. The Morgan fingerprint density at radius 1 is 1.04 bits per heavy atom. The first-order valence-electron chi connectivity index (χ1n) is 9.47. The van der Waals surface area contributed by atoms with E-state index in [9.17, 15) is 8.42 Å². The van der Waals surface area contributed by atoms with Crippen LogP contribution in [-0.4, -0.2) is 49.9 Å². The van der Waals surface area contributed by atoms with Crippen LogP contribution in [0.1, 0.15) is 24.0 Å². The van der Waals surface area contributed by atoms with Gasteiger partial charge in [-0.2, -0.15) is 4.31 Å². The Labute approximate surface area is 161 Å². The summed E-state index contributed by atoms with van der Waals surface area (Å²) in [7, 11) is -1.85. The lowest BCUT2D eigenvalue weighted by molar-refractivity contribution is 0.122. The Morgan fingerprint density at radius 2 is 1.74 bits per heavy atom. The highest BCUT2D eigenvalue weighted by Gasteiger charge is 2.41. The number of fused-ring (bicyclic) bond motifs is 2. The maximum atomic E-state index is 13.0. The summed E-state index contributed by atoms with van der Waals surface area (Å²) in [5, 5.41) is 0. The molecule has 0 aromatic heterocycles. The van der Waals surface area contributed by atoms with Gasteiger partial charge in [-0.25, -0.2) is 8.42 Å². The molecule has 0 aliphatic carbocycles. The number of likely N-dealkylation sites (N-methyl/N-ethyl adjacent to an activating group) is 1. The van der Waals surface area contributed by atoms with E-state index in [0.717, 1.165) is 32.5 Å². The van der Waals surface area contributed by atoms with E-state index in [2.05, 4.69) is 36.1 Å². The van der Waals surface area contributed by atoms with E-state index in [-0.39, 0.29) is 17.0 Å². The number of para-hydroxylation sites is 1. The van der Waals surface area contributed by atoms with E-state index in [1.54, 1.807) is 25.2 Å². The molecule has 0 saturated carbocycles. The molecule has 2 atom stereocenters. The number of sulfonamides is 1. The minimum absolute atomic E-state index is 0.128. The van der Waals surface area contributed by atoms with Crippen molar-refractivity contribution in [2.24, 2.45) is 0 Å². The molecule has 5 nitrogen and oxygen atoms in total. The van der Waals surface area contributed by atoms with Crippen LogP contribution in [-0.2, 0) is 16.6 Å². The molecule has 0 bridgehead atoms. The SMILES string of the molecule is Cc1ccc(CN2CC[C@@H]3[C@@H](CC2)Oc2ccccc2S(=O)(=O)N3C)cc1. The van der Waals surface area contributed by atoms with Crippen molar-refractivity contribution in [2.45, 2.75) is 43.4 Å². The summed E-state index contributed by atoms with van der Waals surface area (Å²) in [5.41, 5.74) is 2.55. The Hall–Kier alpha value is -1.89. The molecule has 2 aliphatic heterocycles. The fraction of sp³-hybridized carbons (Fsp3) is 0.429. The number of hydrogen-bond acceptors (Lipinski definition) is 4. The summed E-state index contributed by atoms with van der Waals surface area (Å²) in [6.45, 7) is 4.72. The fourth-order valence-corrected chi connectivity index (χ4v) is 5.56. The minimum atomic E-state index is -3.54. The average Bonchev–Trinajstić information content (AvgIpc) is 2.89. The zero-order valence-electron chi connectivity index (χ0n) is 15.8. The summed E-state index contributed by atoms with van der Waals surface area (Å²) in [6.07, 6.45) is 1.45. The van der Waals surface area contributed by atoms with Gasteiger partial charge in [0.05, 0.1) is 6.04 Å². The molecule has 0 spiro atoms. The number of ether oxygens (including phenoxy) is 1. The van der Waals surface area contributed by atoms with Crippen molar-refractivity contribution in [3.05, 3.63) is 59.7 Å². The number of rotatable bonds is 2. The van der Waals surface area contributed by atoms with Gasteiger partial charge in [-0.1, -0.05) is 42.0 Å². The molecule has 2 heterocycles. The van der Waals surface area contributed by atoms with Gasteiger partial charge in [-0.3, -0.25) is 4.90 Å². The lowest BCUT2D eigenvalue weighted by Gasteiger charge is -2.28. The van der Waals surface area contributed by atoms with Crippen molar-refractivity contribution >= 4 is 10.0 Å². The van der Waals surface area contributed by atoms with E-state index in [1.165, 1.54) is 15.4 Å². The molecular formula is C21H26N2O3S. The smallest absolute Gasteiger partial charge is 0.246 e. The van der Waals surface area contributed by atoms with Crippen molar-refractivity contribution in [1.29, 1.82) is 0 Å². The molecule has 4 rings (SSSR count). The van der Waals surface area contributed by atoms with Gasteiger partial charge in [0, 0.05) is 26.7 Å². The van der Waals surface area contributed by atoms with Crippen LogP contribution in [0.5, 0.6) is 5.75 Å². The summed E-state index contributed by atoms with van der Waals surface area (Å²) < 4.78 is 33.8. The molecule has 0 radical (unpaired) electrons. The van der Waals surface area contributed by atoms with Crippen LogP contribution in [0.4, 0.5) is 0 Å². The number of benzene rings is 2. The predicted octanol–water partition coefficient (Wildman–Crippen LogP) is 3.04. The van der Waals surface area contributed by atoms with Gasteiger partial charge in [-0.15, -0.1) is 0 Å². The molecule has 0 unspecified atom stereocenters. The first-order chi connectivity index (χ1) is 12.9. The molecule has 0 amide bonds. The van der Waals surface area contributed by atoms with Crippen LogP contribution in [0.25, 0.3) is 0 Å². The lowest BCUT2D eigenvalue weighted by atomic mass is 10.1. The topological polar surface area (TPSA) is 49.9 Å². The third-order valence-corrected chi connectivity index (χ3v) is 7.60. The second-order valence-electron chi connectivity index (χ2n) is 7.53. The number of aryl methyl sites for hydroxylation is 1. The van der Waals surface area contributed by atoms with Gasteiger partial charge < -0.3 is 4.74 Å². The van der Waals surface area contributed by atoms with Gasteiger partial charge in [-0.05, 0) is 37.5 Å². The van der Waals surface area contributed by atoms with Crippen LogP contribution in [0.2, 0.25) is 0 Å². The summed E-state index contributed by atoms with van der Waals surface area (Å²) in [5.74, 6) is 0.476. The standard InChI is InChI=1S/C21H26N2O3S/c1-16-7-9-17(10-8-16)15-23-13-11-18-19(12-14-23)26-20-5-3-4-6-21(20)27(24,25)22(18)2/h3-10,18-19H,11-15H2,1-2H3/t18-,19-/m1/s1. The van der Waals surface area contributed by atoms with Crippen molar-refractivity contribution in [3.8, 4) is 5.75 Å². The first kappa shape index (κ1) is 18.5. The zero-order chi connectivity index (χ0) is 19.0. The molecule has 6 heteroatoms. The van der Waals surface area contributed by atoms with E-state index < -0.39 is 10.0 Å². The van der Waals surface area contributed by atoms with Gasteiger partial charge in [0.1, 0.15) is 16.7 Å². The summed E-state index contributed by atoms with van der Waals surface area (Å²) in [6, 6.07) is 15.4. The van der Waals surface area contributed by atoms with E-state index in [4.69, 9.17) is 4.74 Å². The summed E-state index contributed by atoms with van der Waals surface area (Å²) in [4.78, 5) is 2.67. The van der Waals surface area contributed by atoms with Gasteiger partial charge in [0.2, 0.25) is 10.0 Å². The first-order valence-corrected chi connectivity index (χ1v) is 10.9. The molecule has 27 heavy (non-hydrogen) atoms. The van der Waals surface area contributed by atoms with Gasteiger partial charge >= 0.3 is 0 Å². The maximum absolute atomic E-state index is 13.0. The molecule has 2 aliphatic rings. The van der Waals surface area contributed by atoms with Crippen LogP contribution in [0.3, 0.4) is 0 Å². The third-order valence-electron chi connectivity index (χ3n) is 5.68. The number of likely N-dealkylation sites (tertiary alicyclic amines) is 1. The molecule has 2 aromatic carbocycles. The van der Waals surface area contributed by atoms with E-state index >= 15 is 0 Å². The average molecular weight is 387 g/mol. The zero-order valence-corrected chi connectivity index (χ0v) is 16.7. The monoisotopic (exact) mass is 386 g/mol. The van der Waals surface area contributed by atoms with Crippen molar-refractivity contribution in [1.82, 2.24) is 9.21 Å². The highest BCUT2D eigenvalue weighted by Crippen LogP contribution is 2.35. The Morgan fingerprint density at radius 3 is 2.52 bits per heavy atom. The van der Waals surface area contributed by atoms with Crippen LogP contribution < -0.4 is 4.74 Å². The largest absolute Gasteiger partial charge is 0.487 e. The predicted molar refractivity (Wildman–Crippen MR) is 105 cm³/mol. The van der Waals surface area contributed by atoms with Crippen LogP contribution >= 0.6 is 0 Å². The minimum Gasteiger partial charge on any atom is -0.487 e. The molecular weight excluding hydrogens is 360 g/mol. The second kappa shape index (κ2) is 7.26. The number of nitrogens with zero attached hydrogens (tertiary/aromatic N) is 2. The fourth-order valence-electron chi connectivity index (χ4n) is 4.04. The van der Waals surface area contributed by atoms with Crippen LogP contribution in [0, 0.1) is 6.92 Å². The maximum Gasteiger partial charge on any atom is 0.246 e.